The average molecular weight is 442 g/mol. The van der Waals surface area contributed by atoms with E-state index in [-0.39, 0.29) is 12.5 Å². The molecule has 2 fully saturated rings. The molecular weight excluding hydrogens is 410 g/mol. The zero-order valence-corrected chi connectivity index (χ0v) is 18.3. The van der Waals surface area contributed by atoms with Crippen LogP contribution in [0.15, 0.2) is 42.9 Å². The van der Waals surface area contributed by atoms with Gasteiger partial charge in [-0.2, -0.15) is 0 Å². The molecule has 2 aliphatic heterocycles. The number of anilines is 1. The van der Waals surface area contributed by atoms with Crippen LogP contribution in [0.5, 0.6) is 5.75 Å². The molecule has 2 aliphatic rings. The Labute approximate surface area is 188 Å². The van der Waals surface area contributed by atoms with E-state index in [1.54, 1.807) is 23.5 Å². The number of aliphatic hydroxyl groups is 1. The minimum Gasteiger partial charge on any atom is -0.484 e. The first-order chi connectivity index (χ1) is 15.6. The number of carbonyl (C=O) groups is 1. The molecule has 1 atom stereocenters. The number of β-amino-alcohol motifs (C(OH)–C–C–N with tert-alkyl or cyclic N) is 1. The van der Waals surface area contributed by atoms with Crippen LogP contribution in [0, 0.1) is 0 Å². The van der Waals surface area contributed by atoms with Gasteiger partial charge in [-0.25, -0.2) is 4.98 Å². The van der Waals surface area contributed by atoms with E-state index in [2.05, 4.69) is 20.2 Å². The number of carbonyl (C=O) groups excluding carboxylic acids is 1. The highest BCUT2D eigenvalue weighted by Crippen LogP contribution is 2.24. The van der Waals surface area contributed by atoms with Crippen molar-refractivity contribution in [3.05, 3.63) is 48.4 Å². The number of nitrogens with zero attached hydrogens (tertiary/aromatic N) is 4. The minimum absolute atomic E-state index is 0.0182. The van der Waals surface area contributed by atoms with Crippen LogP contribution in [0.25, 0.3) is 0 Å². The second-order valence-corrected chi connectivity index (χ2v) is 8.34. The fourth-order valence-corrected chi connectivity index (χ4v) is 4.10. The lowest BCUT2D eigenvalue weighted by atomic mass is 9.92. The summed E-state index contributed by atoms with van der Waals surface area (Å²) in [6.45, 7) is 4.98. The summed E-state index contributed by atoms with van der Waals surface area (Å²) in [5.74, 6) is 1.45. The van der Waals surface area contributed by atoms with E-state index in [1.807, 2.05) is 24.3 Å². The molecule has 2 saturated heterocycles. The quantitative estimate of drug-likeness (QED) is 0.622. The van der Waals surface area contributed by atoms with Gasteiger partial charge >= 0.3 is 0 Å². The first-order valence-electron chi connectivity index (χ1n) is 11.1. The highest BCUT2D eigenvalue weighted by molar-refractivity contribution is 5.77. The van der Waals surface area contributed by atoms with E-state index in [4.69, 9.17) is 9.47 Å². The van der Waals surface area contributed by atoms with Crippen molar-refractivity contribution in [1.82, 2.24) is 20.2 Å². The van der Waals surface area contributed by atoms with Gasteiger partial charge in [-0.05, 0) is 30.5 Å². The lowest BCUT2D eigenvalue weighted by molar-refractivity contribution is -0.137. The Hall–Kier alpha value is -2.75. The monoisotopic (exact) mass is 441 g/mol. The summed E-state index contributed by atoms with van der Waals surface area (Å²) >= 11 is 0. The van der Waals surface area contributed by atoms with Gasteiger partial charge in [0.15, 0.2) is 6.61 Å². The van der Waals surface area contributed by atoms with Crippen LogP contribution in [0.4, 0.5) is 5.82 Å². The Balaban J connectivity index is 1.20. The van der Waals surface area contributed by atoms with Crippen molar-refractivity contribution in [3.63, 3.8) is 0 Å². The van der Waals surface area contributed by atoms with Gasteiger partial charge in [0.05, 0.1) is 25.0 Å². The van der Waals surface area contributed by atoms with E-state index < -0.39 is 5.60 Å². The van der Waals surface area contributed by atoms with Crippen LogP contribution in [0.3, 0.4) is 0 Å². The van der Waals surface area contributed by atoms with E-state index in [9.17, 15) is 9.90 Å². The van der Waals surface area contributed by atoms with Crippen LogP contribution in [-0.4, -0.2) is 84.0 Å². The predicted octanol–water partition coefficient (Wildman–Crippen LogP) is 0.835. The summed E-state index contributed by atoms with van der Waals surface area (Å²) in [5, 5.41) is 14.4. The van der Waals surface area contributed by atoms with Crippen LogP contribution in [-0.2, 0) is 16.1 Å². The summed E-state index contributed by atoms with van der Waals surface area (Å²) < 4.78 is 10.9. The molecule has 1 aromatic heterocycles. The zero-order chi connectivity index (χ0) is 22.2. The molecule has 2 N–H and O–H groups in total. The third-order valence-corrected chi connectivity index (χ3v) is 5.86. The number of hydrogen-bond donors (Lipinski definition) is 2. The molecule has 0 spiro atoms. The molecule has 2 aromatic rings. The molecule has 0 bridgehead atoms. The van der Waals surface area contributed by atoms with Gasteiger partial charge in [0.1, 0.15) is 11.6 Å². The number of rotatable bonds is 8. The van der Waals surface area contributed by atoms with Gasteiger partial charge < -0.3 is 29.7 Å². The molecule has 32 heavy (non-hydrogen) atoms. The lowest BCUT2D eigenvalue weighted by Crippen LogP contribution is -2.53. The maximum atomic E-state index is 12.2. The molecule has 172 valence electrons. The molecule has 1 aromatic carbocycles. The second-order valence-electron chi connectivity index (χ2n) is 8.34. The third kappa shape index (κ3) is 6.15. The first kappa shape index (κ1) is 22.4. The molecule has 3 heterocycles. The van der Waals surface area contributed by atoms with Crippen molar-refractivity contribution in [2.45, 2.75) is 25.0 Å². The van der Waals surface area contributed by atoms with Crippen molar-refractivity contribution in [3.8, 4) is 5.75 Å². The van der Waals surface area contributed by atoms with Crippen LogP contribution < -0.4 is 15.0 Å². The summed E-state index contributed by atoms with van der Waals surface area (Å²) in [7, 11) is 0. The molecule has 4 rings (SSSR count). The third-order valence-electron chi connectivity index (χ3n) is 5.86. The molecule has 0 saturated carbocycles. The van der Waals surface area contributed by atoms with E-state index in [0.29, 0.717) is 51.7 Å². The summed E-state index contributed by atoms with van der Waals surface area (Å²) in [5.41, 5.74) is 0.278. The molecule has 9 heteroatoms. The summed E-state index contributed by atoms with van der Waals surface area (Å²) in [6, 6.07) is 7.68. The lowest BCUT2D eigenvalue weighted by Gasteiger charge is -2.39. The number of piperidine rings is 1. The smallest absolute Gasteiger partial charge is 0.260 e. The fraction of sp³-hybridized carbons (Fsp3) is 0.522. The number of aromatic nitrogens is 2. The van der Waals surface area contributed by atoms with Gasteiger partial charge in [-0.1, -0.05) is 12.1 Å². The van der Waals surface area contributed by atoms with Gasteiger partial charge in [0.2, 0.25) is 0 Å². The van der Waals surface area contributed by atoms with Crippen molar-refractivity contribution in [2.75, 3.05) is 57.4 Å². The maximum absolute atomic E-state index is 12.2. The molecule has 0 aliphatic carbocycles. The molecule has 9 nitrogen and oxygen atoms in total. The van der Waals surface area contributed by atoms with E-state index >= 15 is 0 Å². The fourth-order valence-electron chi connectivity index (χ4n) is 4.10. The van der Waals surface area contributed by atoms with Crippen LogP contribution in [0.2, 0.25) is 0 Å². The largest absolute Gasteiger partial charge is 0.484 e. The highest BCUT2D eigenvalue weighted by atomic mass is 16.5. The number of ether oxygens (including phenoxy) is 2. The predicted molar refractivity (Wildman–Crippen MR) is 119 cm³/mol. The van der Waals surface area contributed by atoms with Gasteiger partial charge in [0, 0.05) is 51.7 Å². The summed E-state index contributed by atoms with van der Waals surface area (Å²) in [6.07, 6.45) is 6.72. The van der Waals surface area contributed by atoms with Crippen molar-refractivity contribution in [2.24, 2.45) is 0 Å². The Morgan fingerprint density at radius 3 is 2.75 bits per heavy atom. The summed E-state index contributed by atoms with van der Waals surface area (Å²) in [4.78, 5) is 24.5. The Morgan fingerprint density at radius 2 is 2.00 bits per heavy atom. The van der Waals surface area contributed by atoms with Crippen molar-refractivity contribution >= 4 is 11.7 Å². The van der Waals surface area contributed by atoms with Crippen LogP contribution >= 0.6 is 0 Å². The second kappa shape index (κ2) is 10.7. The average Bonchev–Trinajstić information content (AvgIpc) is 2.84. The Kier molecular flexibility index (Phi) is 7.51. The minimum atomic E-state index is -0.807. The molecule has 1 unspecified atom stereocenters. The molecular formula is C23H31N5O4. The number of nitrogens with one attached hydrogen (secondary N) is 1. The molecule has 1 amide bonds. The Bertz CT molecular complexity index is 860. The first-order valence-corrected chi connectivity index (χ1v) is 11.1. The van der Waals surface area contributed by atoms with Crippen molar-refractivity contribution < 1.29 is 19.4 Å². The normalized spacial score (nSPS) is 21.4. The topological polar surface area (TPSA) is 100 Å². The highest BCUT2D eigenvalue weighted by Gasteiger charge is 2.33. The van der Waals surface area contributed by atoms with Gasteiger partial charge in [0.25, 0.3) is 5.91 Å². The number of morpholine rings is 1. The SMILES string of the molecule is O=C(COc1ccc(CNCC2(O)CCCN(c3cnccn3)C2)cc1)N1CCOCC1. The Morgan fingerprint density at radius 1 is 1.19 bits per heavy atom. The van der Waals surface area contributed by atoms with Gasteiger partial charge in [-0.3, -0.25) is 9.78 Å². The zero-order valence-electron chi connectivity index (χ0n) is 18.3. The van der Waals surface area contributed by atoms with Crippen molar-refractivity contribution in [1.29, 1.82) is 0 Å². The number of benzene rings is 1. The van der Waals surface area contributed by atoms with Crippen LogP contribution in [0.1, 0.15) is 18.4 Å². The number of amides is 1. The molecule has 0 radical (unpaired) electrons. The van der Waals surface area contributed by atoms with E-state index in [1.165, 1.54) is 0 Å². The number of hydrogen-bond acceptors (Lipinski definition) is 8. The maximum Gasteiger partial charge on any atom is 0.260 e. The standard InChI is InChI=1S/C23H31N5O4/c29-22(27-10-12-31-13-11-27)16-32-20-4-2-19(3-5-20)14-25-17-23(30)6-1-9-28(18-23)21-15-24-7-8-26-21/h2-5,7-8,15,25,30H,1,6,9-14,16-18H2. The van der Waals surface area contributed by atoms with E-state index in [0.717, 1.165) is 30.8 Å². The van der Waals surface area contributed by atoms with Gasteiger partial charge in [-0.15, -0.1) is 0 Å².